The van der Waals surface area contributed by atoms with Crippen molar-refractivity contribution in [2.75, 3.05) is 25.1 Å². The molecular formula is C21H35N3O6. The van der Waals surface area contributed by atoms with Crippen LogP contribution in [-0.2, 0) is 4.74 Å². The van der Waals surface area contributed by atoms with Gasteiger partial charge < -0.3 is 15.2 Å². The van der Waals surface area contributed by atoms with Gasteiger partial charge in [-0.3, -0.25) is 20.2 Å². The summed E-state index contributed by atoms with van der Waals surface area (Å²) in [5.74, 6) is 2.86. The van der Waals surface area contributed by atoms with Crippen molar-refractivity contribution in [3.8, 4) is 12.3 Å². The fourth-order valence-electron chi connectivity index (χ4n) is 2.01. The van der Waals surface area contributed by atoms with Crippen molar-refractivity contribution in [1.82, 2.24) is 0 Å². The lowest BCUT2D eigenvalue weighted by atomic mass is 10.1. The second-order valence-electron chi connectivity index (χ2n) is 7.05. The lowest BCUT2D eigenvalue weighted by Crippen LogP contribution is -2.25. The Labute approximate surface area is 179 Å². The molecule has 1 aromatic carbocycles. The lowest BCUT2D eigenvalue weighted by Gasteiger charge is -2.22. The van der Waals surface area contributed by atoms with Crippen molar-refractivity contribution >= 4 is 17.1 Å². The number of nitro benzene ring substituents is 2. The smallest absolute Gasteiger partial charge is 0.299 e. The van der Waals surface area contributed by atoms with Gasteiger partial charge in [-0.2, -0.15) is 0 Å². The molecular weight excluding hydrogens is 390 g/mol. The van der Waals surface area contributed by atoms with E-state index >= 15 is 0 Å². The van der Waals surface area contributed by atoms with Crippen molar-refractivity contribution < 1.29 is 19.7 Å². The van der Waals surface area contributed by atoms with Gasteiger partial charge >= 0.3 is 0 Å². The summed E-state index contributed by atoms with van der Waals surface area (Å²) >= 11 is 0. The second-order valence-corrected chi connectivity index (χ2v) is 7.05. The average molecular weight is 426 g/mol. The number of nitrogens with zero attached hydrogens (tertiary/aromatic N) is 2. The average Bonchev–Trinajstić information content (AvgIpc) is 2.68. The molecule has 1 rings (SSSR count). The van der Waals surface area contributed by atoms with Crippen LogP contribution in [0.2, 0.25) is 0 Å². The van der Waals surface area contributed by atoms with Gasteiger partial charge in [0.05, 0.1) is 21.5 Å². The van der Waals surface area contributed by atoms with Gasteiger partial charge in [-0.25, -0.2) is 0 Å². The molecule has 0 aliphatic carbocycles. The van der Waals surface area contributed by atoms with E-state index in [9.17, 15) is 20.2 Å². The highest BCUT2D eigenvalue weighted by Gasteiger charge is 2.19. The molecule has 170 valence electrons. The third kappa shape index (κ3) is 13.5. The molecule has 2 N–H and O–H groups in total. The second kappa shape index (κ2) is 16.1. The Bertz CT molecular complexity index is 684. The maximum absolute atomic E-state index is 10.8. The summed E-state index contributed by atoms with van der Waals surface area (Å²) in [4.78, 5) is 20.1. The van der Waals surface area contributed by atoms with E-state index in [0.717, 1.165) is 12.5 Å². The summed E-state index contributed by atoms with van der Waals surface area (Å²) in [5.41, 5.74) is -0.531. The van der Waals surface area contributed by atoms with Crippen LogP contribution in [0.15, 0.2) is 18.2 Å². The van der Waals surface area contributed by atoms with Gasteiger partial charge in [0.15, 0.2) is 0 Å². The normalized spacial score (nSPS) is 10.1. The summed E-state index contributed by atoms with van der Waals surface area (Å²) in [5, 5.41) is 32.9. The van der Waals surface area contributed by atoms with Gasteiger partial charge in [-0.15, -0.1) is 6.42 Å². The summed E-state index contributed by atoms with van der Waals surface area (Å²) in [6.07, 6.45) is 6.48. The van der Waals surface area contributed by atoms with E-state index in [0.29, 0.717) is 31.2 Å². The van der Waals surface area contributed by atoms with Crippen LogP contribution < -0.4 is 5.32 Å². The lowest BCUT2D eigenvalue weighted by molar-refractivity contribution is -0.393. The first kappa shape index (κ1) is 29.5. The number of ether oxygens (including phenoxy) is 1. The van der Waals surface area contributed by atoms with Crippen LogP contribution in [0.5, 0.6) is 0 Å². The Morgan fingerprint density at radius 1 is 1.23 bits per heavy atom. The summed E-state index contributed by atoms with van der Waals surface area (Å²) in [6, 6.07) is 3.60. The van der Waals surface area contributed by atoms with Gasteiger partial charge in [0.1, 0.15) is 12.3 Å². The van der Waals surface area contributed by atoms with Gasteiger partial charge in [-0.1, -0.05) is 33.6 Å². The van der Waals surface area contributed by atoms with Gasteiger partial charge in [-0.05, 0) is 38.7 Å². The van der Waals surface area contributed by atoms with Crippen molar-refractivity contribution in [2.24, 2.45) is 5.92 Å². The number of terminal acetylenes is 1. The molecule has 0 aliphatic heterocycles. The van der Waals surface area contributed by atoms with Crippen LogP contribution in [-0.4, -0.2) is 40.3 Å². The maximum atomic E-state index is 10.8. The zero-order valence-electron chi connectivity index (χ0n) is 18.8. The summed E-state index contributed by atoms with van der Waals surface area (Å²) in [7, 11) is 0. The van der Waals surface area contributed by atoms with Crippen LogP contribution in [0.4, 0.5) is 17.1 Å². The number of anilines is 1. The number of aliphatic hydroxyl groups is 1. The zero-order valence-corrected chi connectivity index (χ0v) is 18.8. The van der Waals surface area contributed by atoms with Crippen molar-refractivity contribution in [2.45, 2.75) is 60.0 Å². The van der Waals surface area contributed by atoms with E-state index in [1.54, 1.807) is 0 Å². The Kier molecular flexibility index (Phi) is 15.9. The van der Waals surface area contributed by atoms with E-state index in [-0.39, 0.29) is 23.6 Å². The minimum absolute atomic E-state index is 0.136. The molecule has 9 nitrogen and oxygen atoms in total. The summed E-state index contributed by atoms with van der Waals surface area (Å²) < 4.78 is 5.22. The van der Waals surface area contributed by atoms with E-state index < -0.39 is 9.85 Å². The standard InChI is InChI=1S/C11H15N3O4.C8H14O2.C2H6/c1-8(2)5-6-12-10-4-3-9(13(15)16)7-11(10)14(17)18;1-4-7-10-8(2,3)5-6-9;1-2/h3-4,7-8,12H,5-6H2,1-2H3;1,9H,5-7H2,2-3H3;1-2H3. The van der Waals surface area contributed by atoms with Gasteiger partial charge in [0.2, 0.25) is 0 Å². The number of nitro groups is 2. The van der Waals surface area contributed by atoms with Crippen molar-refractivity contribution in [3.05, 3.63) is 38.4 Å². The highest BCUT2D eigenvalue weighted by Crippen LogP contribution is 2.28. The number of hydrogen-bond acceptors (Lipinski definition) is 7. The first-order valence-electron chi connectivity index (χ1n) is 9.89. The molecule has 0 amide bonds. The van der Waals surface area contributed by atoms with Crippen LogP contribution in [0.3, 0.4) is 0 Å². The van der Waals surface area contributed by atoms with E-state index in [1.165, 1.54) is 12.1 Å². The fourth-order valence-corrected chi connectivity index (χ4v) is 2.01. The number of hydrogen-bond donors (Lipinski definition) is 2. The highest BCUT2D eigenvalue weighted by molar-refractivity contribution is 5.65. The molecule has 0 bridgehead atoms. The number of nitrogens with one attached hydrogen (secondary N) is 1. The minimum Gasteiger partial charge on any atom is -0.396 e. The largest absolute Gasteiger partial charge is 0.396 e. The molecule has 30 heavy (non-hydrogen) atoms. The Balaban J connectivity index is 0. The topological polar surface area (TPSA) is 128 Å². The Morgan fingerprint density at radius 2 is 1.83 bits per heavy atom. The molecule has 0 aromatic heterocycles. The van der Waals surface area contributed by atoms with E-state index in [4.69, 9.17) is 16.3 Å². The van der Waals surface area contributed by atoms with Crippen LogP contribution >= 0.6 is 0 Å². The molecule has 0 fully saturated rings. The molecule has 9 heteroatoms. The first-order chi connectivity index (χ1) is 14.0. The van der Waals surface area contributed by atoms with Crippen molar-refractivity contribution in [1.29, 1.82) is 0 Å². The van der Waals surface area contributed by atoms with E-state index in [1.807, 2.05) is 41.5 Å². The number of aliphatic hydroxyl groups excluding tert-OH is 1. The number of benzene rings is 1. The predicted molar refractivity (Wildman–Crippen MR) is 120 cm³/mol. The quantitative estimate of drug-likeness (QED) is 0.313. The minimum atomic E-state index is -0.648. The summed E-state index contributed by atoms with van der Waals surface area (Å²) in [6.45, 7) is 12.9. The third-order valence-electron chi connectivity index (χ3n) is 3.69. The first-order valence-corrected chi connectivity index (χ1v) is 9.89. The monoisotopic (exact) mass is 425 g/mol. The SMILES string of the molecule is C#CCOC(C)(C)CCO.CC.CC(C)CCNc1ccc([N+](=O)[O-])cc1[N+](=O)[O-]. The zero-order chi connectivity index (χ0) is 23.7. The third-order valence-corrected chi connectivity index (χ3v) is 3.69. The van der Waals surface area contributed by atoms with Crippen LogP contribution in [0, 0.1) is 38.5 Å². The fraction of sp³-hybridized carbons (Fsp3) is 0.619. The maximum Gasteiger partial charge on any atom is 0.299 e. The molecule has 0 spiro atoms. The van der Waals surface area contributed by atoms with Crippen LogP contribution in [0.1, 0.15) is 54.4 Å². The number of rotatable bonds is 10. The molecule has 1 aromatic rings. The van der Waals surface area contributed by atoms with Gasteiger partial charge in [0, 0.05) is 19.2 Å². The molecule has 0 atom stereocenters. The van der Waals surface area contributed by atoms with E-state index in [2.05, 4.69) is 11.2 Å². The molecule has 0 unspecified atom stereocenters. The Hall–Kier alpha value is -2.70. The predicted octanol–water partition coefficient (Wildman–Crippen LogP) is 4.78. The Morgan fingerprint density at radius 3 is 2.27 bits per heavy atom. The van der Waals surface area contributed by atoms with Crippen molar-refractivity contribution in [3.63, 3.8) is 0 Å². The number of non-ortho nitro benzene ring substituents is 1. The molecule has 0 saturated carbocycles. The van der Waals surface area contributed by atoms with Gasteiger partial charge in [0.25, 0.3) is 11.4 Å². The molecule has 0 radical (unpaired) electrons. The molecule has 0 heterocycles. The molecule has 0 saturated heterocycles. The van der Waals surface area contributed by atoms with Crippen LogP contribution in [0.25, 0.3) is 0 Å². The highest BCUT2D eigenvalue weighted by atomic mass is 16.6. The molecule has 0 aliphatic rings.